The van der Waals surface area contributed by atoms with Gasteiger partial charge in [0.25, 0.3) is 10.0 Å². The van der Waals surface area contributed by atoms with Crippen LogP contribution in [0.3, 0.4) is 0 Å². The molecule has 0 N–H and O–H groups in total. The molecule has 1 spiro atoms. The Morgan fingerprint density at radius 3 is 2.27 bits per heavy atom. The number of benzene rings is 3. The lowest BCUT2D eigenvalue weighted by atomic mass is 9.74. The molecule has 0 heterocycles. The highest BCUT2D eigenvalue weighted by atomic mass is 79.9. The van der Waals surface area contributed by atoms with Crippen molar-refractivity contribution in [2.24, 2.45) is 0 Å². The molecule has 6 heteroatoms. The molecule has 0 aromatic heterocycles. The second kappa shape index (κ2) is 7.97. The van der Waals surface area contributed by atoms with Crippen LogP contribution >= 0.6 is 15.9 Å². The van der Waals surface area contributed by atoms with Gasteiger partial charge in [-0.1, -0.05) is 76.1 Å². The topological polar surface area (TPSA) is 54.5 Å². The highest BCUT2D eigenvalue weighted by Crippen LogP contribution is 2.49. The van der Waals surface area contributed by atoms with Gasteiger partial charge in [0.2, 0.25) is 0 Å². The van der Waals surface area contributed by atoms with E-state index in [4.69, 9.17) is 0 Å². The highest BCUT2D eigenvalue weighted by Gasteiger charge is 2.50. The van der Waals surface area contributed by atoms with Crippen LogP contribution in [0.15, 0.2) is 112 Å². The maximum atomic E-state index is 14.1. The molecular weight excluding hydrogens is 498 g/mol. The number of carbonyl (C=O) groups is 1. The summed E-state index contributed by atoms with van der Waals surface area (Å²) in [5, 5.41) is 0. The Labute approximate surface area is 201 Å². The molecule has 1 atom stereocenters. The smallest absolute Gasteiger partial charge is 0.268 e. The summed E-state index contributed by atoms with van der Waals surface area (Å²) >= 11 is 3.37. The molecule has 33 heavy (non-hydrogen) atoms. The third-order valence-electron chi connectivity index (χ3n) is 6.01. The number of rotatable bonds is 4. The van der Waals surface area contributed by atoms with Crippen LogP contribution in [0.5, 0.6) is 0 Å². The van der Waals surface area contributed by atoms with E-state index in [1.165, 1.54) is 10.4 Å². The lowest BCUT2D eigenvalue weighted by Crippen LogP contribution is -2.44. The van der Waals surface area contributed by atoms with Crippen molar-refractivity contribution < 1.29 is 13.2 Å². The average Bonchev–Trinajstić information content (AvgIpc) is 3.12. The molecule has 0 fully saturated rings. The number of nitrogens with zero attached hydrogens (tertiary/aromatic N) is 1. The molecule has 2 aliphatic carbocycles. The molecule has 164 valence electrons. The molecule has 3 aromatic carbocycles. The van der Waals surface area contributed by atoms with Crippen LogP contribution in [0.4, 0.5) is 5.69 Å². The minimum Gasteiger partial charge on any atom is -0.293 e. The quantitative estimate of drug-likeness (QED) is 0.430. The normalized spacial score (nSPS) is 19.0. The molecule has 0 radical (unpaired) electrons. The van der Waals surface area contributed by atoms with E-state index in [0.29, 0.717) is 11.4 Å². The van der Waals surface area contributed by atoms with Crippen molar-refractivity contribution in [1.29, 1.82) is 0 Å². The van der Waals surface area contributed by atoms with Gasteiger partial charge in [0.15, 0.2) is 5.78 Å². The summed E-state index contributed by atoms with van der Waals surface area (Å²) in [6.45, 7) is 1.95. The summed E-state index contributed by atoms with van der Waals surface area (Å²) in [5.74, 6) is -0.177. The molecule has 4 nitrogen and oxygen atoms in total. The molecule has 3 aromatic rings. The lowest BCUT2D eigenvalue weighted by Gasteiger charge is -2.36. The third-order valence-corrected chi connectivity index (χ3v) is 8.30. The Morgan fingerprint density at radius 2 is 1.58 bits per heavy atom. The first-order valence-corrected chi connectivity index (χ1v) is 12.7. The number of carbonyl (C=O) groups excluding carboxylic acids is 1. The van der Waals surface area contributed by atoms with E-state index in [2.05, 4.69) is 15.9 Å². The second-order valence-electron chi connectivity index (χ2n) is 8.07. The predicted molar refractivity (Wildman–Crippen MR) is 134 cm³/mol. The van der Waals surface area contributed by atoms with Crippen molar-refractivity contribution in [3.8, 4) is 0 Å². The molecule has 0 aliphatic heterocycles. The summed E-state index contributed by atoms with van der Waals surface area (Å²) in [6, 6.07) is 21.4. The first kappa shape index (κ1) is 21.6. The second-order valence-corrected chi connectivity index (χ2v) is 10.8. The minimum atomic E-state index is -4.05. The first-order chi connectivity index (χ1) is 15.8. The van der Waals surface area contributed by atoms with E-state index in [1.54, 1.807) is 54.6 Å². The third kappa shape index (κ3) is 3.41. The average molecular weight is 518 g/mol. The zero-order chi connectivity index (χ0) is 23.2. The van der Waals surface area contributed by atoms with Crippen LogP contribution < -0.4 is 4.31 Å². The summed E-state index contributed by atoms with van der Waals surface area (Å²) in [7, 11) is -4.05. The van der Waals surface area contributed by atoms with Gasteiger partial charge in [-0.3, -0.25) is 4.79 Å². The standard InChI is InChI=1S/C27H20BrNO3S/c1-19-9-13-22(14-10-19)29(33(31,32)23-15-11-21(28)12-16-23)25-18-20-6-2-3-7-24(20)27(25)17-5-4-8-26(27)30/h2-18H,1H3/t27-/m1/s1. The number of ketones is 1. The zero-order valence-electron chi connectivity index (χ0n) is 17.8. The van der Waals surface area contributed by atoms with E-state index in [1.807, 2.05) is 49.4 Å². The molecule has 2 aliphatic rings. The van der Waals surface area contributed by atoms with Crippen molar-refractivity contribution in [2.75, 3.05) is 4.31 Å². The van der Waals surface area contributed by atoms with Gasteiger partial charge < -0.3 is 0 Å². The summed E-state index contributed by atoms with van der Waals surface area (Å²) in [6.07, 6.45) is 8.61. The number of allylic oxidation sites excluding steroid dienone is 4. The van der Waals surface area contributed by atoms with E-state index in [9.17, 15) is 13.2 Å². The van der Waals surface area contributed by atoms with Crippen molar-refractivity contribution in [1.82, 2.24) is 0 Å². The number of fused-ring (bicyclic) bond motifs is 2. The Kier molecular flexibility index (Phi) is 5.22. The van der Waals surface area contributed by atoms with Crippen LogP contribution in [0.2, 0.25) is 0 Å². The molecule has 0 amide bonds. The fourth-order valence-corrected chi connectivity index (χ4v) is 6.20. The SMILES string of the molecule is Cc1ccc(N(C2=Cc3ccccc3[C@]23C=CC=CC3=O)S(=O)(=O)c2ccc(Br)cc2)cc1. The number of aryl methyl sites for hydroxylation is 1. The zero-order valence-corrected chi connectivity index (χ0v) is 20.2. The van der Waals surface area contributed by atoms with Crippen molar-refractivity contribution in [3.63, 3.8) is 0 Å². The van der Waals surface area contributed by atoms with E-state index in [0.717, 1.165) is 21.2 Å². The van der Waals surface area contributed by atoms with Gasteiger partial charge in [0.1, 0.15) is 5.41 Å². The number of hydrogen-bond donors (Lipinski definition) is 0. The maximum absolute atomic E-state index is 14.1. The Hall–Kier alpha value is -3.22. The molecule has 0 unspecified atom stereocenters. The van der Waals surface area contributed by atoms with Crippen molar-refractivity contribution >= 4 is 43.5 Å². The predicted octanol–water partition coefficient (Wildman–Crippen LogP) is 5.94. The van der Waals surface area contributed by atoms with Crippen molar-refractivity contribution in [2.45, 2.75) is 17.2 Å². The van der Waals surface area contributed by atoms with Gasteiger partial charge in [0.05, 0.1) is 16.3 Å². The number of anilines is 1. The summed E-state index contributed by atoms with van der Waals surface area (Å²) < 4.78 is 30.3. The van der Waals surface area contributed by atoms with Gasteiger partial charge in [-0.25, -0.2) is 12.7 Å². The fraction of sp³-hybridized carbons (Fsp3) is 0.0741. The maximum Gasteiger partial charge on any atom is 0.268 e. The number of halogens is 1. The van der Waals surface area contributed by atoms with E-state index < -0.39 is 15.4 Å². The van der Waals surface area contributed by atoms with Gasteiger partial charge in [-0.05, 0) is 66.6 Å². The molecular formula is C27H20BrNO3S. The van der Waals surface area contributed by atoms with Crippen LogP contribution in [0.1, 0.15) is 16.7 Å². The van der Waals surface area contributed by atoms with Crippen LogP contribution in [0.25, 0.3) is 6.08 Å². The molecule has 0 saturated carbocycles. The monoisotopic (exact) mass is 517 g/mol. The minimum absolute atomic E-state index is 0.140. The van der Waals surface area contributed by atoms with E-state index in [-0.39, 0.29) is 10.7 Å². The number of hydrogen-bond acceptors (Lipinski definition) is 3. The van der Waals surface area contributed by atoms with Gasteiger partial charge in [-0.2, -0.15) is 0 Å². The van der Waals surface area contributed by atoms with Crippen LogP contribution in [0, 0.1) is 6.92 Å². The Morgan fingerprint density at radius 1 is 0.879 bits per heavy atom. The van der Waals surface area contributed by atoms with E-state index >= 15 is 0 Å². The summed E-state index contributed by atoms with van der Waals surface area (Å²) in [5.41, 5.74) is 2.24. The highest BCUT2D eigenvalue weighted by molar-refractivity contribution is 9.10. The lowest BCUT2D eigenvalue weighted by molar-refractivity contribution is -0.117. The molecule has 5 rings (SSSR count). The Bertz CT molecular complexity index is 1450. The fourth-order valence-electron chi connectivity index (χ4n) is 4.39. The summed E-state index contributed by atoms with van der Waals surface area (Å²) in [4.78, 5) is 13.6. The Balaban J connectivity index is 1.79. The van der Waals surface area contributed by atoms with Gasteiger partial charge in [0, 0.05) is 4.47 Å². The van der Waals surface area contributed by atoms with Crippen LogP contribution in [-0.4, -0.2) is 14.2 Å². The molecule has 0 bridgehead atoms. The molecule has 0 saturated heterocycles. The number of sulfonamides is 1. The van der Waals surface area contributed by atoms with Gasteiger partial charge in [-0.15, -0.1) is 0 Å². The van der Waals surface area contributed by atoms with Gasteiger partial charge >= 0.3 is 0 Å². The van der Waals surface area contributed by atoms with Crippen LogP contribution in [-0.2, 0) is 20.2 Å². The first-order valence-electron chi connectivity index (χ1n) is 10.4. The van der Waals surface area contributed by atoms with Crippen molar-refractivity contribution in [3.05, 3.63) is 124 Å². The largest absolute Gasteiger partial charge is 0.293 e.